The smallest absolute Gasteiger partial charge is 0.318 e. The molecule has 0 radical (unpaired) electrons. The van der Waals surface area contributed by atoms with Gasteiger partial charge in [-0.1, -0.05) is 37.3 Å². The largest absolute Gasteiger partial charge is 0.480 e. The van der Waals surface area contributed by atoms with Gasteiger partial charge in [0, 0.05) is 12.0 Å². The number of sulfonamides is 1. The van der Waals surface area contributed by atoms with Crippen molar-refractivity contribution in [3.63, 3.8) is 0 Å². The second-order valence-electron chi connectivity index (χ2n) is 3.58. The summed E-state index contributed by atoms with van der Waals surface area (Å²) in [5, 5.41) is 9.66. The highest BCUT2D eigenvalue weighted by Gasteiger charge is 2.19. The monoisotopic (exact) mass is 269 g/mol. The molecule has 18 heavy (non-hydrogen) atoms. The van der Waals surface area contributed by atoms with Gasteiger partial charge in [0.25, 0.3) is 0 Å². The van der Waals surface area contributed by atoms with Gasteiger partial charge >= 0.3 is 5.97 Å². The number of likely N-dealkylation sites (N-methyl/N-ethyl adjacent to an activating group) is 1. The molecule has 98 valence electrons. The van der Waals surface area contributed by atoms with Gasteiger partial charge in [-0.2, -0.15) is 4.31 Å². The first-order valence-electron chi connectivity index (χ1n) is 5.41. The van der Waals surface area contributed by atoms with Crippen LogP contribution in [0.2, 0.25) is 0 Å². The van der Waals surface area contributed by atoms with Crippen molar-refractivity contribution in [2.24, 2.45) is 0 Å². The molecule has 0 aliphatic carbocycles. The third kappa shape index (κ3) is 4.31. The van der Waals surface area contributed by atoms with Gasteiger partial charge in [-0.3, -0.25) is 4.79 Å². The molecule has 0 aromatic heterocycles. The van der Waals surface area contributed by atoms with Crippen LogP contribution in [0.5, 0.6) is 0 Å². The predicted octanol–water partition coefficient (Wildman–Crippen LogP) is 1.39. The Kier molecular flexibility index (Phi) is 5.06. The van der Waals surface area contributed by atoms with E-state index in [1.807, 2.05) is 6.07 Å². The minimum atomic E-state index is -3.69. The van der Waals surface area contributed by atoms with Crippen molar-refractivity contribution < 1.29 is 18.3 Å². The number of carboxylic acids is 1. The van der Waals surface area contributed by atoms with Crippen molar-refractivity contribution in [2.75, 3.05) is 13.1 Å². The van der Waals surface area contributed by atoms with Gasteiger partial charge in [0.15, 0.2) is 0 Å². The molecule has 0 saturated heterocycles. The topological polar surface area (TPSA) is 74.7 Å². The molecule has 0 amide bonds. The lowest BCUT2D eigenvalue weighted by molar-refractivity contribution is -0.137. The molecule has 0 atom stereocenters. The van der Waals surface area contributed by atoms with Crippen LogP contribution in [0.25, 0.3) is 6.08 Å². The van der Waals surface area contributed by atoms with E-state index in [0.717, 1.165) is 15.3 Å². The molecule has 0 bridgehead atoms. The zero-order chi connectivity index (χ0) is 13.6. The summed E-state index contributed by atoms with van der Waals surface area (Å²) in [5.74, 6) is -1.17. The van der Waals surface area contributed by atoms with Crippen LogP contribution in [0, 0.1) is 0 Å². The molecule has 0 aliphatic heterocycles. The maximum absolute atomic E-state index is 11.8. The Morgan fingerprint density at radius 1 is 1.33 bits per heavy atom. The number of hydrogen-bond donors (Lipinski definition) is 1. The van der Waals surface area contributed by atoms with Gasteiger partial charge < -0.3 is 5.11 Å². The molecule has 0 fully saturated rings. The molecule has 6 heteroatoms. The van der Waals surface area contributed by atoms with Gasteiger partial charge in [-0.15, -0.1) is 0 Å². The van der Waals surface area contributed by atoms with Gasteiger partial charge in [0.2, 0.25) is 10.0 Å². The molecular weight excluding hydrogens is 254 g/mol. The molecular formula is C12H15NO4S. The summed E-state index contributed by atoms with van der Waals surface area (Å²) in [6.07, 6.45) is 1.44. The van der Waals surface area contributed by atoms with Crippen LogP contribution in [0.1, 0.15) is 12.5 Å². The maximum Gasteiger partial charge on any atom is 0.318 e. The van der Waals surface area contributed by atoms with Crippen molar-refractivity contribution in [1.29, 1.82) is 0 Å². The molecule has 1 N–H and O–H groups in total. The van der Waals surface area contributed by atoms with Crippen LogP contribution in [-0.4, -0.2) is 36.9 Å². The molecule has 0 aliphatic rings. The van der Waals surface area contributed by atoms with E-state index < -0.39 is 22.5 Å². The van der Waals surface area contributed by atoms with Crippen molar-refractivity contribution in [3.8, 4) is 0 Å². The zero-order valence-corrected chi connectivity index (χ0v) is 10.8. The zero-order valence-electron chi connectivity index (χ0n) is 9.98. The first kappa shape index (κ1) is 14.4. The van der Waals surface area contributed by atoms with Crippen LogP contribution < -0.4 is 0 Å². The first-order chi connectivity index (χ1) is 8.45. The van der Waals surface area contributed by atoms with E-state index in [4.69, 9.17) is 5.11 Å². The van der Waals surface area contributed by atoms with Crippen LogP contribution in [0.3, 0.4) is 0 Å². The molecule has 0 heterocycles. The van der Waals surface area contributed by atoms with Gasteiger partial charge in [0.1, 0.15) is 6.54 Å². The van der Waals surface area contributed by atoms with Crippen LogP contribution in [0.15, 0.2) is 35.7 Å². The lowest BCUT2D eigenvalue weighted by Crippen LogP contribution is -2.34. The summed E-state index contributed by atoms with van der Waals surface area (Å²) in [4.78, 5) is 10.6. The second kappa shape index (κ2) is 6.32. The Bertz CT molecular complexity index is 522. The highest BCUT2D eigenvalue weighted by Crippen LogP contribution is 2.07. The minimum Gasteiger partial charge on any atom is -0.480 e. The van der Waals surface area contributed by atoms with Crippen LogP contribution in [-0.2, 0) is 14.8 Å². The number of benzene rings is 1. The van der Waals surface area contributed by atoms with E-state index in [0.29, 0.717) is 0 Å². The Hall–Kier alpha value is -1.66. The van der Waals surface area contributed by atoms with Crippen LogP contribution >= 0.6 is 0 Å². The standard InChI is InChI=1S/C12H15NO4S/c1-2-13(10-12(14)15)18(16,17)9-8-11-6-4-3-5-7-11/h3-9H,2,10H2,1H3,(H,14,15)/b9-8+. The van der Waals surface area contributed by atoms with E-state index in [9.17, 15) is 13.2 Å². The summed E-state index contributed by atoms with van der Waals surface area (Å²) in [6, 6.07) is 8.94. The third-order valence-corrected chi connectivity index (χ3v) is 3.84. The normalized spacial score (nSPS) is 12.1. The number of carboxylic acid groups (broad SMARTS) is 1. The third-order valence-electron chi connectivity index (χ3n) is 2.26. The predicted molar refractivity (Wildman–Crippen MR) is 69.3 cm³/mol. The summed E-state index contributed by atoms with van der Waals surface area (Å²) in [6.45, 7) is 1.18. The number of aliphatic carboxylic acids is 1. The van der Waals surface area contributed by atoms with Crippen molar-refractivity contribution in [2.45, 2.75) is 6.92 Å². The van der Waals surface area contributed by atoms with Crippen molar-refractivity contribution >= 4 is 22.1 Å². The fraction of sp³-hybridized carbons (Fsp3) is 0.250. The molecule has 5 nitrogen and oxygen atoms in total. The lowest BCUT2D eigenvalue weighted by Gasteiger charge is -2.15. The average molecular weight is 269 g/mol. The Balaban J connectivity index is 2.86. The van der Waals surface area contributed by atoms with E-state index in [-0.39, 0.29) is 6.54 Å². The first-order valence-corrected chi connectivity index (χ1v) is 6.91. The summed E-state index contributed by atoms with van der Waals surface area (Å²) < 4.78 is 24.6. The fourth-order valence-electron chi connectivity index (χ4n) is 1.35. The number of hydrogen-bond acceptors (Lipinski definition) is 3. The van der Waals surface area contributed by atoms with E-state index in [1.54, 1.807) is 31.2 Å². The van der Waals surface area contributed by atoms with E-state index in [2.05, 4.69) is 0 Å². The van der Waals surface area contributed by atoms with E-state index in [1.165, 1.54) is 6.08 Å². The summed E-state index contributed by atoms with van der Waals surface area (Å²) in [5.41, 5.74) is 0.743. The molecule has 0 saturated carbocycles. The number of rotatable bonds is 6. The van der Waals surface area contributed by atoms with Gasteiger partial charge in [-0.05, 0) is 11.6 Å². The summed E-state index contributed by atoms with van der Waals surface area (Å²) in [7, 11) is -3.69. The number of carbonyl (C=O) groups is 1. The average Bonchev–Trinajstić information content (AvgIpc) is 2.34. The SMILES string of the molecule is CCN(CC(=O)O)S(=O)(=O)/C=C/c1ccccc1. The molecule has 0 spiro atoms. The Morgan fingerprint density at radius 3 is 2.44 bits per heavy atom. The summed E-state index contributed by atoms with van der Waals surface area (Å²) >= 11 is 0. The van der Waals surface area contributed by atoms with Crippen LogP contribution in [0.4, 0.5) is 0 Å². The molecule has 1 aromatic rings. The van der Waals surface area contributed by atoms with Gasteiger partial charge in [0.05, 0.1) is 0 Å². The highest BCUT2D eigenvalue weighted by atomic mass is 32.2. The van der Waals surface area contributed by atoms with E-state index >= 15 is 0 Å². The second-order valence-corrected chi connectivity index (χ2v) is 5.40. The van der Waals surface area contributed by atoms with Crippen molar-refractivity contribution in [3.05, 3.63) is 41.3 Å². The molecule has 0 unspecified atom stereocenters. The Morgan fingerprint density at radius 2 is 1.94 bits per heavy atom. The molecule has 1 rings (SSSR count). The quantitative estimate of drug-likeness (QED) is 0.847. The number of nitrogens with zero attached hydrogens (tertiary/aromatic N) is 1. The van der Waals surface area contributed by atoms with Gasteiger partial charge in [-0.25, -0.2) is 8.42 Å². The maximum atomic E-state index is 11.8. The molecule has 1 aromatic carbocycles. The fourth-order valence-corrected chi connectivity index (χ4v) is 2.50. The minimum absolute atomic E-state index is 0.119. The van der Waals surface area contributed by atoms with Crippen molar-refractivity contribution in [1.82, 2.24) is 4.31 Å². The lowest BCUT2D eigenvalue weighted by atomic mass is 10.2. The Labute approximate surface area is 106 Å². The highest BCUT2D eigenvalue weighted by molar-refractivity contribution is 7.92.